The number of amides is 1. The second kappa shape index (κ2) is 7.98. The summed E-state index contributed by atoms with van der Waals surface area (Å²) in [7, 11) is 0. The number of hydrogen-bond acceptors (Lipinski definition) is 7. The Morgan fingerprint density at radius 1 is 1.30 bits per heavy atom. The number of anilines is 4. The summed E-state index contributed by atoms with van der Waals surface area (Å²) in [6, 6.07) is 0.924. The number of fused-ring (bicyclic) bond motifs is 1. The maximum absolute atomic E-state index is 13.4. The molecule has 8 nitrogen and oxygen atoms in total. The maximum Gasteiger partial charge on any atom is 0.393 e. The molecule has 0 unspecified atom stereocenters. The van der Waals surface area contributed by atoms with Crippen molar-refractivity contribution >= 4 is 34.9 Å². The van der Waals surface area contributed by atoms with E-state index in [1.54, 1.807) is 11.0 Å². The monoisotopic (exact) mass is 462 g/mol. The van der Waals surface area contributed by atoms with Gasteiger partial charge in [-0.25, -0.2) is 0 Å². The molecule has 1 saturated heterocycles. The van der Waals surface area contributed by atoms with E-state index in [1.165, 1.54) is 18.0 Å². The molecule has 0 spiro atoms. The van der Waals surface area contributed by atoms with E-state index in [0.717, 1.165) is 12.8 Å². The van der Waals surface area contributed by atoms with Crippen LogP contribution in [-0.2, 0) is 0 Å². The predicted molar refractivity (Wildman–Crippen MR) is 119 cm³/mol. The summed E-state index contributed by atoms with van der Waals surface area (Å²) >= 11 is 0. The van der Waals surface area contributed by atoms with Gasteiger partial charge in [-0.05, 0) is 42.9 Å². The third kappa shape index (κ3) is 4.24. The molecule has 0 radical (unpaired) electrons. The molecular formula is C22H25F3N6O2. The summed E-state index contributed by atoms with van der Waals surface area (Å²) in [5.41, 5.74) is 14.5. The molecule has 2 aromatic heterocycles. The average molecular weight is 462 g/mol. The SMILES string of the molecule is Nc1oc2c(c1C(=O)Nc1cnccc1N1C[C@@H](N)C[C@@H](C(F)(F)F)C1)NCC(C1CC1)=C2. The normalized spacial score (nSPS) is 22.9. The molecule has 33 heavy (non-hydrogen) atoms. The molecule has 0 aromatic carbocycles. The fraction of sp³-hybridized carbons (Fsp3) is 0.455. The van der Waals surface area contributed by atoms with Gasteiger partial charge in [-0.15, -0.1) is 0 Å². The number of nitrogens with two attached hydrogens (primary N) is 2. The van der Waals surface area contributed by atoms with Gasteiger partial charge in [-0.1, -0.05) is 0 Å². The van der Waals surface area contributed by atoms with Gasteiger partial charge in [0.2, 0.25) is 5.88 Å². The topological polar surface area (TPSA) is 122 Å². The van der Waals surface area contributed by atoms with E-state index >= 15 is 0 Å². The van der Waals surface area contributed by atoms with Gasteiger partial charge in [-0.2, -0.15) is 13.2 Å². The van der Waals surface area contributed by atoms with Crippen LogP contribution in [0.4, 0.5) is 36.1 Å². The highest BCUT2D eigenvalue weighted by molar-refractivity contribution is 6.13. The van der Waals surface area contributed by atoms with Crippen LogP contribution in [0.25, 0.3) is 6.08 Å². The molecule has 6 N–H and O–H groups in total. The summed E-state index contributed by atoms with van der Waals surface area (Å²) < 4.78 is 45.8. The van der Waals surface area contributed by atoms with Crippen molar-refractivity contribution in [2.24, 2.45) is 17.6 Å². The molecule has 2 fully saturated rings. The molecule has 2 atom stereocenters. The van der Waals surface area contributed by atoms with Gasteiger partial charge in [0.05, 0.1) is 29.2 Å². The van der Waals surface area contributed by atoms with Gasteiger partial charge in [-0.3, -0.25) is 9.78 Å². The first kappa shape index (κ1) is 21.6. The van der Waals surface area contributed by atoms with Crippen molar-refractivity contribution in [3.8, 4) is 0 Å². The number of alkyl halides is 3. The van der Waals surface area contributed by atoms with Crippen molar-refractivity contribution in [1.29, 1.82) is 0 Å². The van der Waals surface area contributed by atoms with E-state index in [0.29, 0.717) is 29.6 Å². The van der Waals surface area contributed by atoms with E-state index in [4.69, 9.17) is 15.9 Å². The van der Waals surface area contributed by atoms with E-state index in [1.807, 2.05) is 6.08 Å². The van der Waals surface area contributed by atoms with Gasteiger partial charge in [0.15, 0.2) is 5.76 Å². The number of furan rings is 1. The van der Waals surface area contributed by atoms with Crippen LogP contribution in [0.3, 0.4) is 0 Å². The number of piperidine rings is 1. The van der Waals surface area contributed by atoms with Crippen LogP contribution < -0.4 is 27.0 Å². The minimum Gasteiger partial charge on any atom is -0.438 e. The minimum atomic E-state index is -4.35. The minimum absolute atomic E-state index is 0.0270. The van der Waals surface area contributed by atoms with Crippen molar-refractivity contribution in [3.05, 3.63) is 35.4 Å². The Morgan fingerprint density at radius 3 is 2.82 bits per heavy atom. The summed E-state index contributed by atoms with van der Waals surface area (Å²) in [4.78, 5) is 18.7. The van der Waals surface area contributed by atoms with Crippen LogP contribution in [0.5, 0.6) is 0 Å². The molecule has 5 rings (SSSR count). The van der Waals surface area contributed by atoms with Crippen molar-refractivity contribution < 1.29 is 22.4 Å². The van der Waals surface area contributed by atoms with Crippen LogP contribution >= 0.6 is 0 Å². The molecule has 1 saturated carbocycles. The van der Waals surface area contributed by atoms with Gasteiger partial charge in [0, 0.05) is 31.9 Å². The summed E-state index contributed by atoms with van der Waals surface area (Å²) in [5.74, 6) is -1.06. The standard InChI is InChI=1S/C22H25F3N6O2/c23-22(24,25)13-6-14(26)10-31(9-13)16-3-4-28-8-15(16)30-21(32)18-19-17(33-20(18)27)5-12(7-29-19)11-1-2-11/h3-5,8,11,13-14,29H,1-2,6-7,9-10,26-27H2,(H,30,32)/t13-,14+/m1/s1. The van der Waals surface area contributed by atoms with Gasteiger partial charge in [0.1, 0.15) is 5.56 Å². The van der Waals surface area contributed by atoms with Crippen LogP contribution in [0.2, 0.25) is 0 Å². The van der Waals surface area contributed by atoms with E-state index in [-0.39, 0.29) is 36.6 Å². The Hall–Kier alpha value is -3.21. The number of rotatable bonds is 4. The van der Waals surface area contributed by atoms with Crippen molar-refractivity contribution in [2.75, 3.05) is 40.9 Å². The number of nitrogens with zero attached hydrogens (tertiary/aromatic N) is 2. The highest BCUT2D eigenvalue weighted by Gasteiger charge is 2.44. The van der Waals surface area contributed by atoms with Crippen molar-refractivity contribution in [2.45, 2.75) is 31.5 Å². The van der Waals surface area contributed by atoms with Gasteiger partial charge in [0.25, 0.3) is 5.91 Å². The molecule has 2 aromatic rings. The molecule has 11 heteroatoms. The van der Waals surface area contributed by atoms with Gasteiger partial charge < -0.3 is 31.4 Å². The first-order valence-electron chi connectivity index (χ1n) is 10.9. The number of hydrogen-bond donors (Lipinski definition) is 4. The molecule has 1 amide bonds. The lowest BCUT2D eigenvalue weighted by atomic mass is 9.93. The quantitative estimate of drug-likeness (QED) is 0.549. The summed E-state index contributed by atoms with van der Waals surface area (Å²) in [5, 5.41) is 5.98. The van der Waals surface area contributed by atoms with Crippen molar-refractivity contribution in [3.63, 3.8) is 0 Å². The average Bonchev–Trinajstić information content (AvgIpc) is 3.55. The number of nitrogens with one attached hydrogen (secondary N) is 2. The molecule has 176 valence electrons. The van der Waals surface area contributed by atoms with Crippen LogP contribution in [0, 0.1) is 11.8 Å². The maximum atomic E-state index is 13.4. The number of carbonyl (C=O) groups excluding carboxylic acids is 1. The Labute approximate surface area is 188 Å². The van der Waals surface area contributed by atoms with Gasteiger partial charge >= 0.3 is 6.18 Å². The van der Waals surface area contributed by atoms with E-state index in [9.17, 15) is 18.0 Å². The third-order valence-electron chi connectivity index (χ3n) is 6.41. The molecule has 4 heterocycles. The predicted octanol–water partition coefficient (Wildman–Crippen LogP) is 3.44. The number of halogens is 3. The number of aromatic nitrogens is 1. The lowest BCUT2D eigenvalue weighted by molar-refractivity contribution is -0.177. The Morgan fingerprint density at radius 2 is 2.09 bits per heavy atom. The zero-order valence-corrected chi connectivity index (χ0v) is 17.8. The number of pyridine rings is 1. The first-order chi connectivity index (χ1) is 15.7. The molecular weight excluding hydrogens is 437 g/mol. The lowest BCUT2D eigenvalue weighted by Crippen LogP contribution is -2.51. The molecule has 0 bridgehead atoms. The Balaban J connectivity index is 1.40. The second-order valence-corrected chi connectivity index (χ2v) is 8.91. The fourth-order valence-corrected chi connectivity index (χ4v) is 4.61. The molecule has 3 aliphatic rings. The third-order valence-corrected chi connectivity index (χ3v) is 6.41. The molecule has 2 aliphatic heterocycles. The number of carbonyl (C=O) groups is 1. The van der Waals surface area contributed by atoms with Crippen LogP contribution in [-0.4, -0.2) is 42.7 Å². The Kier molecular flexibility index (Phi) is 5.23. The van der Waals surface area contributed by atoms with Crippen LogP contribution in [0.1, 0.15) is 35.4 Å². The smallest absolute Gasteiger partial charge is 0.393 e. The second-order valence-electron chi connectivity index (χ2n) is 8.91. The zero-order valence-electron chi connectivity index (χ0n) is 17.8. The van der Waals surface area contributed by atoms with Crippen molar-refractivity contribution in [1.82, 2.24) is 4.98 Å². The lowest BCUT2D eigenvalue weighted by Gasteiger charge is -2.39. The summed E-state index contributed by atoms with van der Waals surface area (Å²) in [6.45, 7) is 0.599. The molecule has 1 aliphatic carbocycles. The van der Waals surface area contributed by atoms with Crippen LogP contribution in [0.15, 0.2) is 28.5 Å². The summed E-state index contributed by atoms with van der Waals surface area (Å²) in [6.07, 6.45) is 2.60. The first-order valence-corrected chi connectivity index (χ1v) is 10.9. The fourth-order valence-electron chi connectivity index (χ4n) is 4.61. The van der Waals surface area contributed by atoms with E-state index in [2.05, 4.69) is 15.6 Å². The largest absolute Gasteiger partial charge is 0.438 e. The van der Waals surface area contributed by atoms with E-state index < -0.39 is 24.0 Å². The highest BCUT2D eigenvalue weighted by Crippen LogP contribution is 2.43. The zero-order chi connectivity index (χ0) is 23.3. The highest BCUT2D eigenvalue weighted by atomic mass is 19.4. The number of nitrogen functional groups attached to an aromatic ring is 1. The Bertz CT molecular complexity index is 1110.